The normalized spacial score (nSPS) is 11.8. The Kier molecular flexibility index (Phi) is 4.14. The molecule has 1 amide bonds. The van der Waals surface area contributed by atoms with Gasteiger partial charge in [0.2, 0.25) is 0 Å². The van der Waals surface area contributed by atoms with Crippen LogP contribution in [0.4, 0.5) is 5.69 Å². The quantitative estimate of drug-likeness (QED) is 0.670. The summed E-state index contributed by atoms with van der Waals surface area (Å²) >= 11 is 0. The molecule has 0 aliphatic rings. The van der Waals surface area contributed by atoms with Crippen LogP contribution in [0.5, 0.6) is 0 Å². The van der Waals surface area contributed by atoms with E-state index >= 15 is 0 Å². The fraction of sp³-hybridized carbons (Fsp3) is 0.214. The lowest BCUT2D eigenvalue weighted by atomic mass is 10.1. The summed E-state index contributed by atoms with van der Waals surface area (Å²) in [6.07, 6.45) is 2.09. The van der Waals surface area contributed by atoms with Gasteiger partial charge >= 0.3 is 0 Å². The second kappa shape index (κ2) is 6.01. The van der Waals surface area contributed by atoms with Crippen molar-refractivity contribution in [1.82, 2.24) is 5.32 Å². The molecular formula is C14H14N2O4. The number of carbonyl (C=O) groups is 1. The summed E-state index contributed by atoms with van der Waals surface area (Å²) < 4.78 is 5.19. The van der Waals surface area contributed by atoms with Crippen molar-refractivity contribution in [3.05, 3.63) is 64.1 Å². The molecule has 20 heavy (non-hydrogen) atoms. The highest BCUT2D eigenvalue weighted by Crippen LogP contribution is 2.17. The Morgan fingerprint density at radius 3 is 2.75 bits per heavy atom. The monoisotopic (exact) mass is 274 g/mol. The molecule has 1 unspecified atom stereocenters. The number of nitrogens with zero attached hydrogens (tertiary/aromatic N) is 1. The average Bonchev–Trinajstić information content (AvgIpc) is 2.91. The van der Waals surface area contributed by atoms with Gasteiger partial charge in [-0.25, -0.2) is 0 Å². The lowest BCUT2D eigenvalue weighted by molar-refractivity contribution is -0.385. The third kappa shape index (κ3) is 3.23. The summed E-state index contributed by atoms with van der Waals surface area (Å²) in [4.78, 5) is 22.4. The number of hydrogen-bond acceptors (Lipinski definition) is 4. The van der Waals surface area contributed by atoms with Crippen LogP contribution in [-0.2, 0) is 6.42 Å². The minimum atomic E-state index is -0.563. The summed E-state index contributed by atoms with van der Waals surface area (Å²) in [6.45, 7) is 1.81. The zero-order valence-corrected chi connectivity index (χ0v) is 10.9. The maximum atomic E-state index is 12.1. The SMILES string of the molecule is CC(Cc1ccco1)NC(=O)c1ccccc1[N+](=O)[O-]. The molecule has 6 heteroatoms. The van der Waals surface area contributed by atoms with E-state index in [0.717, 1.165) is 5.76 Å². The molecule has 1 aromatic heterocycles. The Morgan fingerprint density at radius 1 is 1.35 bits per heavy atom. The summed E-state index contributed by atoms with van der Waals surface area (Å²) in [5, 5.41) is 13.6. The Hall–Kier alpha value is -2.63. The summed E-state index contributed by atoms with van der Waals surface area (Å²) in [7, 11) is 0. The van der Waals surface area contributed by atoms with Crippen LogP contribution in [0.2, 0.25) is 0 Å². The van der Waals surface area contributed by atoms with E-state index in [1.807, 2.05) is 13.0 Å². The van der Waals surface area contributed by atoms with Crippen LogP contribution >= 0.6 is 0 Å². The van der Waals surface area contributed by atoms with Crippen LogP contribution in [0.15, 0.2) is 47.1 Å². The zero-order chi connectivity index (χ0) is 14.5. The number of hydrogen-bond donors (Lipinski definition) is 1. The predicted octanol–water partition coefficient (Wildman–Crippen LogP) is 2.55. The number of nitro groups is 1. The van der Waals surface area contributed by atoms with Gasteiger partial charge in [-0.3, -0.25) is 14.9 Å². The Labute approximate surface area is 115 Å². The molecule has 0 saturated heterocycles. The van der Waals surface area contributed by atoms with E-state index in [9.17, 15) is 14.9 Å². The number of nitro benzene ring substituents is 1. The fourth-order valence-electron chi connectivity index (χ4n) is 1.91. The summed E-state index contributed by atoms with van der Waals surface area (Å²) in [5.74, 6) is 0.289. The number of amides is 1. The molecule has 1 aromatic carbocycles. The Morgan fingerprint density at radius 2 is 2.10 bits per heavy atom. The van der Waals surface area contributed by atoms with Gasteiger partial charge in [0.1, 0.15) is 11.3 Å². The summed E-state index contributed by atoms with van der Waals surface area (Å²) in [6, 6.07) is 9.27. The molecule has 0 spiro atoms. The van der Waals surface area contributed by atoms with Crippen LogP contribution in [0.3, 0.4) is 0 Å². The van der Waals surface area contributed by atoms with Crippen LogP contribution in [0.25, 0.3) is 0 Å². The smallest absolute Gasteiger partial charge is 0.282 e. The van der Waals surface area contributed by atoms with Crippen LogP contribution in [0, 0.1) is 10.1 Å². The number of carbonyl (C=O) groups excluding carboxylic acids is 1. The fourth-order valence-corrected chi connectivity index (χ4v) is 1.91. The van der Waals surface area contributed by atoms with Gasteiger partial charge in [-0.15, -0.1) is 0 Å². The van der Waals surface area contributed by atoms with E-state index in [0.29, 0.717) is 6.42 Å². The molecule has 2 aromatic rings. The molecule has 1 atom stereocenters. The lowest BCUT2D eigenvalue weighted by Gasteiger charge is -2.12. The molecule has 0 saturated carbocycles. The van der Waals surface area contributed by atoms with Gasteiger partial charge in [0.25, 0.3) is 11.6 Å². The van der Waals surface area contributed by atoms with Crippen molar-refractivity contribution in [3.63, 3.8) is 0 Å². The number of rotatable bonds is 5. The van der Waals surface area contributed by atoms with Crippen molar-refractivity contribution in [1.29, 1.82) is 0 Å². The Balaban J connectivity index is 2.06. The Bertz CT molecular complexity index is 607. The largest absolute Gasteiger partial charge is 0.469 e. The first-order valence-electron chi connectivity index (χ1n) is 6.14. The molecule has 0 aliphatic heterocycles. The average molecular weight is 274 g/mol. The van der Waals surface area contributed by atoms with Crippen LogP contribution in [-0.4, -0.2) is 16.9 Å². The number of para-hydroxylation sites is 1. The van der Waals surface area contributed by atoms with E-state index in [2.05, 4.69) is 5.32 Å². The topological polar surface area (TPSA) is 85.4 Å². The minimum Gasteiger partial charge on any atom is -0.469 e. The molecule has 0 aliphatic carbocycles. The first kappa shape index (κ1) is 13.8. The van der Waals surface area contributed by atoms with Gasteiger partial charge in [-0.2, -0.15) is 0 Å². The van der Waals surface area contributed by atoms with Gasteiger partial charge in [0, 0.05) is 18.5 Å². The maximum Gasteiger partial charge on any atom is 0.282 e. The second-order valence-corrected chi connectivity index (χ2v) is 4.43. The van der Waals surface area contributed by atoms with Gasteiger partial charge in [-0.1, -0.05) is 12.1 Å². The molecule has 0 bridgehead atoms. The van der Waals surface area contributed by atoms with E-state index in [1.54, 1.807) is 18.4 Å². The highest BCUT2D eigenvalue weighted by Gasteiger charge is 2.20. The van der Waals surface area contributed by atoms with Crippen molar-refractivity contribution in [3.8, 4) is 0 Å². The van der Waals surface area contributed by atoms with Gasteiger partial charge in [-0.05, 0) is 25.1 Å². The van der Waals surface area contributed by atoms with Crippen molar-refractivity contribution in [2.24, 2.45) is 0 Å². The molecule has 0 fully saturated rings. The third-order valence-corrected chi connectivity index (χ3v) is 2.81. The summed E-state index contributed by atoms with van der Waals surface area (Å²) in [5.41, 5.74) is -0.140. The molecular weight excluding hydrogens is 260 g/mol. The van der Waals surface area contributed by atoms with Gasteiger partial charge < -0.3 is 9.73 Å². The standard InChI is InChI=1S/C14H14N2O4/c1-10(9-11-5-4-8-20-11)15-14(17)12-6-2-3-7-13(12)16(18)19/h2-8,10H,9H2,1H3,(H,15,17). The number of benzene rings is 1. The van der Waals surface area contributed by atoms with Crippen molar-refractivity contribution >= 4 is 11.6 Å². The molecule has 2 rings (SSSR count). The molecule has 6 nitrogen and oxygen atoms in total. The minimum absolute atomic E-state index is 0.0591. The van der Waals surface area contributed by atoms with Crippen molar-refractivity contribution in [2.75, 3.05) is 0 Å². The number of furan rings is 1. The second-order valence-electron chi connectivity index (χ2n) is 4.43. The van der Waals surface area contributed by atoms with Crippen LogP contribution < -0.4 is 5.32 Å². The maximum absolute atomic E-state index is 12.1. The highest BCUT2D eigenvalue weighted by molar-refractivity contribution is 5.98. The van der Waals surface area contributed by atoms with Crippen molar-refractivity contribution < 1.29 is 14.1 Å². The van der Waals surface area contributed by atoms with Crippen LogP contribution in [0.1, 0.15) is 23.0 Å². The van der Waals surface area contributed by atoms with E-state index in [4.69, 9.17) is 4.42 Å². The van der Waals surface area contributed by atoms with E-state index in [-0.39, 0.29) is 17.3 Å². The lowest BCUT2D eigenvalue weighted by Crippen LogP contribution is -2.34. The molecule has 104 valence electrons. The van der Waals surface area contributed by atoms with Crippen molar-refractivity contribution in [2.45, 2.75) is 19.4 Å². The first-order chi connectivity index (χ1) is 9.58. The van der Waals surface area contributed by atoms with E-state index in [1.165, 1.54) is 18.2 Å². The van der Waals surface area contributed by atoms with Gasteiger partial charge in [0.15, 0.2) is 0 Å². The van der Waals surface area contributed by atoms with E-state index < -0.39 is 10.8 Å². The molecule has 1 N–H and O–H groups in total. The molecule has 0 radical (unpaired) electrons. The zero-order valence-electron chi connectivity index (χ0n) is 10.9. The highest BCUT2D eigenvalue weighted by atomic mass is 16.6. The first-order valence-corrected chi connectivity index (χ1v) is 6.14. The third-order valence-electron chi connectivity index (χ3n) is 2.81. The number of nitrogens with one attached hydrogen (secondary N) is 1. The predicted molar refractivity (Wildman–Crippen MR) is 72.4 cm³/mol. The van der Waals surface area contributed by atoms with Gasteiger partial charge in [0.05, 0.1) is 11.2 Å². The molecule has 1 heterocycles.